The zero-order valence-corrected chi connectivity index (χ0v) is 27.0. The number of methoxy groups -OCH3 is 1. The number of ether oxygens (including phenoxy) is 1. The molecule has 2 aromatic carbocycles. The van der Waals surface area contributed by atoms with Crippen molar-refractivity contribution >= 4 is 38.7 Å². The number of carbonyl (C=O) groups excluding carboxylic acids is 1. The van der Waals surface area contributed by atoms with E-state index in [1.165, 1.54) is 17.8 Å². The van der Waals surface area contributed by atoms with E-state index in [4.69, 9.17) is 16.3 Å². The van der Waals surface area contributed by atoms with Gasteiger partial charge in [0.1, 0.15) is 0 Å². The SMILES string of the molecule is COc1c(NC(=O)c2ccc(C)c(N(N)/C=C(\N)c3c[nH][n+](C(C)C)c3C3CC3)c2)cc(C(C)(C)C)cc1NS(C)(=O)=O. The second-order valence-electron chi connectivity index (χ2n) is 12.5. The number of aromatic amines is 1. The molecule has 1 aliphatic carbocycles. The van der Waals surface area contributed by atoms with Crippen LogP contribution in [-0.4, -0.2) is 32.8 Å². The van der Waals surface area contributed by atoms with Crippen LogP contribution in [0.5, 0.6) is 5.75 Å². The van der Waals surface area contributed by atoms with Gasteiger partial charge in [-0.25, -0.2) is 14.3 Å². The van der Waals surface area contributed by atoms with Crippen molar-refractivity contribution in [3.8, 4) is 5.75 Å². The van der Waals surface area contributed by atoms with Gasteiger partial charge in [0.25, 0.3) is 5.91 Å². The average Bonchev–Trinajstić information content (AvgIpc) is 3.63. The number of nitrogens with one attached hydrogen (secondary N) is 3. The maximum atomic E-state index is 13.6. The topological polar surface area (TPSA) is 159 Å². The number of H-pyrrole nitrogens is 1. The van der Waals surface area contributed by atoms with E-state index >= 15 is 0 Å². The molecule has 43 heavy (non-hydrogen) atoms. The Morgan fingerprint density at radius 2 is 1.84 bits per heavy atom. The van der Waals surface area contributed by atoms with Crippen LogP contribution in [0, 0.1) is 6.92 Å². The van der Waals surface area contributed by atoms with Crippen LogP contribution in [-0.2, 0) is 15.4 Å². The highest BCUT2D eigenvalue weighted by Gasteiger charge is 2.38. The summed E-state index contributed by atoms with van der Waals surface area (Å²) in [6.45, 7) is 12.1. The predicted octanol–water partition coefficient (Wildman–Crippen LogP) is 4.64. The maximum absolute atomic E-state index is 13.6. The smallest absolute Gasteiger partial charge is 0.255 e. The molecule has 12 heteroatoms. The summed E-state index contributed by atoms with van der Waals surface area (Å²) in [6.07, 6.45) is 6.90. The molecule has 1 saturated carbocycles. The Bertz CT molecular complexity index is 1670. The fourth-order valence-electron chi connectivity index (χ4n) is 5.00. The van der Waals surface area contributed by atoms with E-state index in [1.54, 1.807) is 30.5 Å². The lowest BCUT2D eigenvalue weighted by Gasteiger charge is -2.24. The quantitative estimate of drug-likeness (QED) is 0.127. The molecule has 3 aromatic rings. The molecule has 232 valence electrons. The Kier molecular flexibility index (Phi) is 8.85. The third-order valence-electron chi connectivity index (χ3n) is 7.41. The van der Waals surface area contributed by atoms with E-state index in [9.17, 15) is 13.2 Å². The number of amides is 1. The number of hydrazine groups is 1. The number of hydrogen-bond donors (Lipinski definition) is 5. The molecule has 0 saturated heterocycles. The van der Waals surface area contributed by atoms with Crippen LogP contribution in [0.4, 0.5) is 17.1 Å². The van der Waals surface area contributed by atoms with E-state index in [0.29, 0.717) is 28.6 Å². The van der Waals surface area contributed by atoms with Crippen molar-refractivity contribution in [2.24, 2.45) is 11.6 Å². The number of carbonyl (C=O) groups is 1. The summed E-state index contributed by atoms with van der Waals surface area (Å²) in [5.74, 6) is 6.75. The fourth-order valence-corrected chi connectivity index (χ4v) is 5.55. The summed E-state index contributed by atoms with van der Waals surface area (Å²) < 4.78 is 34.4. The fraction of sp³-hybridized carbons (Fsp3) is 0.419. The minimum atomic E-state index is -3.61. The first kappa shape index (κ1) is 31.9. The molecule has 0 radical (unpaired) electrons. The van der Waals surface area contributed by atoms with E-state index in [-0.39, 0.29) is 22.9 Å². The lowest BCUT2D eigenvalue weighted by Crippen LogP contribution is -2.41. The highest BCUT2D eigenvalue weighted by atomic mass is 32.2. The minimum absolute atomic E-state index is 0.201. The van der Waals surface area contributed by atoms with Gasteiger partial charge in [0.2, 0.25) is 15.7 Å². The molecule has 0 spiro atoms. The molecule has 1 heterocycles. The summed E-state index contributed by atoms with van der Waals surface area (Å²) in [5.41, 5.74) is 12.0. The molecule has 11 nitrogen and oxygen atoms in total. The first-order valence-electron chi connectivity index (χ1n) is 14.3. The standard InChI is InChI=1S/C31H43N7O4S/c1-18(2)38-28(20-11-12-20)23(16-34-38)24(32)17-37(33)27-13-21(10-9-19(27)3)30(39)35-25-14-22(31(4,5)6)15-26(29(25)42-7)36-43(8,40)41/h9-10,13-18,20,36H,11-12,32-33H2,1-8H3,(H,35,39)/p+1/b24-17-. The Morgan fingerprint density at radius 1 is 1.19 bits per heavy atom. The molecule has 1 aliphatic rings. The van der Waals surface area contributed by atoms with Gasteiger partial charge in [-0.2, -0.15) is 5.10 Å². The summed E-state index contributed by atoms with van der Waals surface area (Å²) >= 11 is 0. The molecular weight excluding hydrogens is 566 g/mol. The first-order valence-corrected chi connectivity index (χ1v) is 16.2. The van der Waals surface area contributed by atoms with Gasteiger partial charge in [-0.15, -0.1) is 4.68 Å². The third kappa shape index (κ3) is 7.31. The lowest BCUT2D eigenvalue weighted by atomic mass is 9.86. The van der Waals surface area contributed by atoms with Gasteiger partial charge >= 0.3 is 0 Å². The van der Waals surface area contributed by atoms with Gasteiger partial charge < -0.3 is 15.8 Å². The van der Waals surface area contributed by atoms with E-state index in [0.717, 1.165) is 35.8 Å². The monoisotopic (exact) mass is 610 g/mol. The predicted molar refractivity (Wildman–Crippen MR) is 171 cm³/mol. The van der Waals surface area contributed by atoms with E-state index < -0.39 is 15.9 Å². The number of sulfonamides is 1. The number of hydrogen-bond acceptors (Lipinski definition) is 7. The lowest BCUT2D eigenvalue weighted by molar-refractivity contribution is -0.774. The Labute approximate surface area is 254 Å². The second-order valence-corrected chi connectivity index (χ2v) is 14.2. The Morgan fingerprint density at radius 3 is 2.40 bits per heavy atom. The van der Waals surface area contributed by atoms with E-state index in [1.807, 2.05) is 40.0 Å². The Hall–Kier alpha value is -4.03. The molecular formula is C31H44N7O4S+. The maximum Gasteiger partial charge on any atom is 0.255 e. The molecule has 1 amide bonds. The summed E-state index contributed by atoms with van der Waals surface area (Å²) in [4.78, 5) is 13.6. The van der Waals surface area contributed by atoms with Crippen molar-refractivity contribution in [3.05, 3.63) is 70.7 Å². The molecule has 0 aliphatic heterocycles. The molecule has 1 fully saturated rings. The zero-order valence-electron chi connectivity index (χ0n) is 26.2. The number of nitrogens with zero attached hydrogens (tertiary/aromatic N) is 2. The van der Waals surface area contributed by atoms with Crippen LogP contribution in [0.3, 0.4) is 0 Å². The number of benzene rings is 2. The molecule has 7 N–H and O–H groups in total. The third-order valence-corrected chi connectivity index (χ3v) is 8.00. The van der Waals surface area contributed by atoms with Gasteiger partial charge in [-0.3, -0.25) is 14.5 Å². The van der Waals surface area contributed by atoms with E-state index in [2.05, 4.69) is 33.7 Å². The second kappa shape index (κ2) is 11.9. The van der Waals surface area contributed by atoms with Gasteiger partial charge in [0, 0.05) is 17.7 Å². The van der Waals surface area contributed by atoms with Crippen LogP contribution in [0.25, 0.3) is 5.70 Å². The van der Waals surface area contributed by atoms with Crippen molar-refractivity contribution in [3.63, 3.8) is 0 Å². The first-order chi connectivity index (χ1) is 20.0. The molecule has 1 aromatic heterocycles. The van der Waals surface area contributed by atoms with Crippen LogP contribution < -0.4 is 36.0 Å². The van der Waals surface area contributed by atoms with Gasteiger partial charge in [-0.05, 0) is 74.4 Å². The molecule has 0 unspecified atom stereocenters. The molecule has 0 atom stereocenters. The molecule has 4 rings (SSSR count). The van der Waals surface area contributed by atoms with Crippen LogP contribution in [0.2, 0.25) is 0 Å². The van der Waals surface area contributed by atoms with Crippen molar-refractivity contribution in [1.82, 2.24) is 5.10 Å². The largest absolute Gasteiger partial charge is 0.492 e. The number of anilines is 3. The van der Waals surface area contributed by atoms with Gasteiger partial charge in [0.05, 0.1) is 47.9 Å². The van der Waals surface area contributed by atoms with Crippen LogP contribution >= 0.6 is 0 Å². The normalized spacial score (nSPS) is 14.1. The highest BCUT2D eigenvalue weighted by molar-refractivity contribution is 7.92. The molecule has 0 bridgehead atoms. The van der Waals surface area contributed by atoms with Crippen LogP contribution in [0.1, 0.15) is 92.2 Å². The average molecular weight is 611 g/mol. The summed E-state index contributed by atoms with van der Waals surface area (Å²) in [5, 5.41) is 7.66. The minimum Gasteiger partial charge on any atom is -0.492 e. The van der Waals surface area contributed by atoms with Crippen molar-refractivity contribution in [2.75, 3.05) is 28.4 Å². The Balaban J connectivity index is 1.66. The zero-order chi connectivity index (χ0) is 31.9. The number of aromatic nitrogens is 2. The number of rotatable bonds is 10. The van der Waals surface area contributed by atoms with Crippen LogP contribution in [0.15, 0.2) is 42.7 Å². The van der Waals surface area contributed by atoms with Crippen molar-refractivity contribution < 1.29 is 22.6 Å². The number of aryl methyl sites for hydroxylation is 1. The highest BCUT2D eigenvalue weighted by Crippen LogP contribution is 2.42. The van der Waals surface area contributed by atoms with Gasteiger partial charge in [0.15, 0.2) is 11.8 Å². The van der Waals surface area contributed by atoms with Crippen molar-refractivity contribution in [1.29, 1.82) is 0 Å². The summed E-state index contributed by atoms with van der Waals surface area (Å²) in [7, 11) is -2.19. The summed E-state index contributed by atoms with van der Waals surface area (Å²) in [6, 6.07) is 8.97. The van der Waals surface area contributed by atoms with Gasteiger partial charge in [-0.1, -0.05) is 26.8 Å². The van der Waals surface area contributed by atoms with Crippen molar-refractivity contribution in [2.45, 2.75) is 71.8 Å². The number of nitrogens with two attached hydrogens (primary N) is 2.